The number of nitrogens with one attached hydrogen (secondary N) is 1. The number of halogens is 1. The first-order chi connectivity index (χ1) is 9.87. The summed E-state index contributed by atoms with van der Waals surface area (Å²) in [6.07, 6.45) is 0. The second kappa shape index (κ2) is 5.86. The summed E-state index contributed by atoms with van der Waals surface area (Å²) in [7, 11) is 0. The van der Waals surface area contributed by atoms with Gasteiger partial charge < -0.3 is 10.4 Å². The zero-order valence-corrected chi connectivity index (χ0v) is 13.0. The average Bonchev–Trinajstić information content (AvgIpc) is 2.40. The van der Waals surface area contributed by atoms with Gasteiger partial charge in [0.1, 0.15) is 5.82 Å². The molecule has 0 aliphatic rings. The van der Waals surface area contributed by atoms with Gasteiger partial charge >= 0.3 is 0 Å². The molecule has 3 heteroatoms. The largest absolute Gasteiger partial charge is 0.394 e. The Morgan fingerprint density at radius 3 is 2.19 bits per heavy atom. The summed E-state index contributed by atoms with van der Waals surface area (Å²) in [5, 5.41) is 13.1. The molecule has 0 saturated heterocycles. The third-order valence-electron chi connectivity index (χ3n) is 3.83. The second-order valence-corrected chi connectivity index (χ2v) is 5.87. The van der Waals surface area contributed by atoms with E-state index in [4.69, 9.17) is 0 Å². The van der Waals surface area contributed by atoms with Crippen LogP contribution in [0.15, 0.2) is 36.4 Å². The van der Waals surface area contributed by atoms with E-state index in [0.717, 1.165) is 16.7 Å². The summed E-state index contributed by atoms with van der Waals surface area (Å²) < 4.78 is 13.9. The molecule has 0 aliphatic carbocycles. The standard InChI is InChI=1S/C18H22FNO/c1-12-9-13(2)17(14(3)10-12)18(4,11-21)20-16-8-6-5-7-15(16)19/h5-10,20-21H,11H2,1-4H3. The van der Waals surface area contributed by atoms with Crippen LogP contribution in [0.3, 0.4) is 0 Å². The lowest BCUT2D eigenvalue weighted by atomic mass is 9.84. The van der Waals surface area contributed by atoms with Crippen LogP contribution in [-0.2, 0) is 5.54 Å². The van der Waals surface area contributed by atoms with Crippen molar-refractivity contribution in [2.24, 2.45) is 0 Å². The minimum absolute atomic E-state index is 0.119. The number of aryl methyl sites for hydroxylation is 3. The highest BCUT2D eigenvalue weighted by atomic mass is 19.1. The Labute approximate surface area is 125 Å². The molecule has 21 heavy (non-hydrogen) atoms. The molecular formula is C18H22FNO. The van der Waals surface area contributed by atoms with Crippen LogP contribution in [0.25, 0.3) is 0 Å². The molecule has 2 N–H and O–H groups in total. The predicted molar refractivity (Wildman–Crippen MR) is 85.1 cm³/mol. The van der Waals surface area contributed by atoms with Gasteiger partial charge in [0, 0.05) is 0 Å². The molecule has 112 valence electrons. The third-order valence-corrected chi connectivity index (χ3v) is 3.83. The fourth-order valence-electron chi connectivity index (χ4n) is 3.09. The molecule has 2 aromatic carbocycles. The number of hydrogen-bond acceptors (Lipinski definition) is 2. The van der Waals surface area contributed by atoms with Gasteiger partial charge in [0.25, 0.3) is 0 Å². The van der Waals surface area contributed by atoms with Crippen molar-refractivity contribution in [3.05, 3.63) is 64.5 Å². The van der Waals surface area contributed by atoms with Crippen LogP contribution in [0.4, 0.5) is 10.1 Å². The molecule has 2 nitrogen and oxygen atoms in total. The lowest BCUT2D eigenvalue weighted by molar-refractivity contribution is 0.222. The van der Waals surface area contributed by atoms with Crippen molar-refractivity contribution in [3.63, 3.8) is 0 Å². The van der Waals surface area contributed by atoms with Gasteiger partial charge in [-0.2, -0.15) is 0 Å². The van der Waals surface area contributed by atoms with Gasteiger partial charge in [0.2, 0.25) is 0 Å². The molecule has 0 saturated carbocycles. The van der Waals surface area contributed by atoms with Crippen molar-refractivity contribution >= 4 is 5.69 Å². The number of anilines is 1. The van der Waals surface area contributed by atoms with Crippen LogP contribution in [0.5, 0.6) is 0 Å². The first-order valence-electron chi connectivity index (χ1n) is 7.09. The van der Waals surface area contributed by atoms with Gasteiger partial charge in [0.15, 0.2) is 0 Å². The van der Waals surface area contributed by atoms with Gasteiger partial charge in [-0.15, -0.1) is 0 Å². The normalized spacial score (nSPS) is 13.8. The maximum Gasteiger partial charge on any atom is 0.146 e. The van der Waals surface area contributed by atoms with Crippen molar-refractivity contribution in [1.29, 1.82) is 0 Å². The SMILES string of the molecule is Cc1cc(C)c(C(C)(CO)Nc2ccccc2F)c(C)c1. The Morgan fingerprint density at radius 2 is 1.67 bits per heavy atom. The summed E-state index contributed by atoms with van der Waals surface area (Å²) in [5.41, 5.74) is 4.04. The molecule has 0 bridgehead atoms. The highest BCUT2D eigenvalue weighted by molar-refractivity contribution is 5.52. The molecule has 1 atom stereocenters. The topological polar surface area (TPSA) is 32.3 Å². The molecule has 2 rings (SSSR count). The zero-order valence-electron chi connectivity index (χ0n) is 13.0. The Kier molecular flexibility index (Phi) is 4.33. The Morgan fingerprint density at radius 1 is 1.10 bits per heavy atom. The number of rotatable bonds is 4. The van der Waals surface area contributed by atoms with E-state index in [-0.39, 0.29) is 12.4 Å². The summed E-state index contributed by atoms with van der Waals surface area (Å²) >= 11 is 0. The fourth-order valence-corrected chi connectivity index (χ4v) is 3.09. The van der Waals surface area contributed by atoms with Gasteiger partial charge in [-0.25, -0.2) is 4.39 Å². The van der Waals surface area contributed by atoms with Crippen LogP contribution in [0.1, 0.15) is 29.2 Å². The molecular weight excluding hydrogens is 265 g/mol. The molecule has 0 amide bonds. The van der Waals surface area contributed by atoms with E-state index in [1.807, 2.05) is 27.7 Å². The maximum absolute atomic E-state index is 13.9. The Bertz CT molecular complexity index is 630. The van der Waals surface area contributed by atoms with Crippen molar-refractivity contribution < 1.29 is 9.50 Å². The Balaban J connectivity index is 2.50. The van der Waals surface area contributed by atoms with Crippen LogP contribution in [-0.4, -0.2) is 11.7 Å². The minimum atomic E-state index is -0.732. The molecule has 0 fully saturated rings. The number of aliphatic hydroxyl groups excluding tert-OH is 1. The fraction of sp³-hybridized carbons (Fsp3) is 0.333. The monoisotopic (exact) mass is 287 g/mol. The van der Waals surface area contributed by atoms with E-state index in [2.05, 4.69) is 17.4 Å². The van der Waals surface area contributed by atoms with Crippen LogP contribution in [0.2, 0.25) is 0 Å². The van der Waals surface area contributed by atoms with E-state index >= 15 is 0 Å². The zero-order chi connectivity index (χ0) is 15.6. The van der Waals surface area contributed by atoms with Gasteiger partial charge in [-0.1, -0.05) is 29.8 Å². The van der Waals surface area contributed by atoms with Gasteiger partial charge in [-0.3, -0.25) is 0 Å². The van der Waals surface area contributed by atoms with Crippen LogP contribution >= 0.6 is 0 Å². The second-order valence-electron chi connectivity index (χ2n) is 5.87. The van der Waals surface area contributed by atoms with E-state index in [0.29, 0.717) is 5.69 Å². The van der Waals surface area contributed by atoms with E-state index in [1.165, 1.54) is 11.6 Å². The first-order valence-corrected chi connectivity index (χ1v) is 7.09. The number of para-hydroxylation sites is 1. The summed E-state index contributed by atoms with van der Waals surface area (Å²) in [5.74, 6) is -0.320. The number of benzene rings is 2. The third kappa shape index (κ3) is 3.08. The Hall–Kier alpha value is -1.87. The van der Waals surface area contributed by atoms with Crippen LogP contribution < -0.4 is 5.32 Å². The number of aliphatic hydroxyl groups is 1. The quantitative estimate of drug-likeness (QED) is 0.888. The van der Waals surface area contributed by atoms with Gasteiger partial charge in [-0.05, 0) is 56.5 Å². The minimum Gasteiger partial charge on any atom is -0.394 e. The van der Waals surface area contributed by atoms with E-state index in [1.54, 1.807) is 18.2 Å². The average molecular weight is 287 g/mol. The molecule has 0 aromatic heterocycles. The molecule has 0 aliphatic heterocycles. The number of hydrogen-bond donors (Lipinski definition) is 2. The molecule has 0 spiro atoms. The maximum atomic E-state index is 13.9. The van der Waals surface area contributed by atoms with E-state index in [9.17, 15) is 9.50 Å². The van der Waals surface area contributed by atoms with Crippen LogP contribution in [0, 0.1) is 26.6 Å². The smallest absolute Gasteiger partial charge is 0.146 e. The highest BCUT2D eigenvalue weighted by Crippen LogP contribution is 2.32. The van der Waals surface area contributed by atoms with Crippen molar-refractivity contribution in [2.45, 2.75) is 33.2 Å². The molecule has 0 radical (unpaired) electrons. The van der Waals surface area contributed by atoms with Gasteiger partial charge in [0.05, 0.1) is 17.8 Å². The van der Waals surface area contributed by atoms with E-state index < -0.39 is 5.54 Å². The molecule has 0 heterocycles. The highest BCUT2D eigenvalue weighted by Gasteiger charge is 2.29. The van der Waals surface area contributed by atoms with Crippen molar-refractivity contribution in [1.82, 2.24) is 0 Å². The summed E-state index contributed by atoms with van der Waals surface area (Å²) in [6.45, 7) is 7.86. The van der Waals surface area contributed by atoms with Crippen molar-refractivity contribution in [2.75, 3.05) is 11.9 Å². The van der Waals surface area contributed by atoms with Crippen molar-refractivity contribution in [3.8, 4) is 0 Å². The molecule has 1 unspecified atom stereocenters. The lowest BCUT2D eigenvalue weighted by Crippen LogP contribution is -2.37. The predicted octanol–water partition coefficient (Wildman–Crippen LogP) is 4.07. The summed E-state index contributed by atoms with van der Waals surface area (Å²) in [6, 6.07) is 10.7. The molecule has 2 aromatic rings. The summed E-state index contributed by atoms with van der Waals surface area (Å²) in [4.78, 5) is 0. The first kappa shape index (κ1) is 15.5. The lowest BCUT2D eigenvalue weighted by Gasteiger charge is -2.33.